The van der Waals surface area contributed by atoms with E-state index in [4.69, 9.17) is 14.2 Å². The van der Waals surface area contributed by atoms with E-state index in [-0.39, 0.29) is 50.9 Å². The average molecular weight is 857 g/mol. The van der Waals surface area contributed by atoms with E-state index >= 15 is 0 Å². The molecular formula is C56H88O6. The second-order valence-corrected chi connectivity index (χ2v) is 22.8. The molecule has 10 unspecified atom stereocenters. The summed E-state index contributed by atoms with van der Waals surface area (Å²) in [5, 5.41) is 9.99. The molecule has 348 valence electrons. The minimum Gasteiger partial charge on any atom is -0.504 e. The van der Waals surface area contributed by atoms with Crippen LogP contribution in [-0.4, -0.2) is 36.9 Å². The van der Waals surface area contributed by atoms with Gasteiger partial charge in [0.2, 0.25) is 0 Å². The number of fused-ring (bicyclic) bond motifs is 7. The molecule has 0 aliphatic heterocycles. The zero-order chi connectivity index (χ0) is 44.8. The summed E-state index contributed by atoms with van der Waals surface area (Å²) < 4.78 is 17.9. The number of unbranched alkanes of at least 4 members (excludes halogenated alkanes) is 12. The predicted molar refractivity (Wildman–Crippen MR) is 254 cm³/mol. The molecule has 0 spiro atoms. The highest BCUT2D eigenvalue weighted by atomic mass is 16.5. The fourth-order valence-electron chi connectivity index (χ4n) is 15.4. The first-order valence-electron chi connectivity index (χ1n) is 25.6. The van der Waals surface area contributed by atoms with Gasteiger partial charge in [0.25, 0.3) is 0 Å². The smallest absolute Gasteiger partial charge is 0.331 e. The third-order valence-electron chi connectivity index (χ3n) is 19.1. The molecule has 0 amide bonds. The third-order valence-corrected chi connectivity index (χ3v) is 19.1. The number of methoxy groups -OCH3 is 1. The Morgan fingerprint density at radius 2 is 1.44 bits per heavy atom. The molecule has 62 heavy (non-hydrogen) atoms. The Morgan fingerprint density at radius 3 is 2.08 bits per heavy atom. The molecule has 5 aliphatic carbocycles. The van der Waals surface area contributed by atoms with Crippen molar-refractivity contribution in [2.24, 2.45) is 56.7 Å². The number of benzene rings is 1. The summed E-state index contributed by atoms with van der Waals surface area (Å²) in [5.74, 6) is 2.87. The van der Waals surface area contributed by atoms with Gasteiger partial charge in [0.05, 0.1) is 13.7 Å². The first-order chi connectivity index (χ1) is 29.6. The van der Waals surface area contributed by atoms with Crippen molar-refractivity contribution in [3.8, 4) is 11.5 Å². The lowest BCUT2D eigenvalue weighted by Crippen LogP contribution is -2.67. The maximum absolute atomic E-state index is 13.3. The molecular weight excluding hydrogens is 769 g/mol. The van der Waals surface area contributed by atoms with Crippen molar-refractivity contribution < 1.29 is 28.9 Å². The van der Waals surface area contributed by atoms with Gasteiger partial charge in [-0.3, -0.25) is 4.79 Å². The van der Waals surface area contributed by atoms with E-state index < -0.39 is 0 Å². The van der Waals surface area contributed by atoms with E-state index in [9.17, 15) is 14.7 Å². The molecule has 6 rings (SSSR count). The van der Waals surface area contributed by atoms with Crippen LogP contribution in [0.2, 0.25) is 0 Å². The molecule has 6 nitrogen and oxygen atoms in total. The van der Waals surface area contributed by atoms with Crippen LogP contribution in [-0.2, 0) is 19.1 Å². The lowest BCUT2D eigenvalue weighted by atomic mass is 9.32. The van der Waals surface area contributed by atoms with Crippen LogP contribution in [0.15, 0.2) is 36.4 Å². The summed E-state index contributed by atoms with van der Waals surface area (Å²) in [6.07, 6.45) is 32.2. The summed E-state index contributed by atoms with van der Waals surface area (Å²) in [6.45, 7) is 22.4. The molecule has 5 fully saturated rings. The van der Waals surface area contributed by atoms with Gasteiger partial charge in [0.1, 0.15) is 6.10 Å². The van der Waals surface area contributed by atoms with Crippen LogP contribution in [0, 0.1) is 56.7 Å². The number of allylic oxidation sites excluding steroid dienone is 1. The lowest BCUT2D eigenvalue weighted by Gasteiger charge is -2.73. The van der Waals surface area contributed by atoms with E-state index in [2.05, 4.69) is 55.0 Å². The molecule has 10 atom stereocenters. The number of esters is 2. The number of phenols is 1. The molecule has 0 bridgehead atoms. The van der Waals surface area contributed by atoms with E-state index in [0.717, 1.165) is 50.5 Å². The molecule has 0 heterocycles. The van der Waals surface area contributed by atoms with Crippen molar-refractivity contribution in [2.75, 3.05) is 13.7 Å². The Kier molecular flexibility index (Phi) is 16.2. The van der Waals surface area contributed by atoms with Crippen LogP contribution in [0.5, 0.6) is 11.5 Å². The highest BCUT2D eigenvalue weighted by Gasteiger charge is 2.71. The van der Waals surface area contributed by atoms with Crippen LogP contribution < -0.4 is 4.74 Å². The average Bonchev–Trinajstić information content (AvgIpc) is 3.63. The Balaban J connectivity index is 1.04. The number of carbonyl (C=O) groups excluding carboxylic acids is 2. The molecule has 1 N–H and O–H groups in total. The predicted octanol–water partition coefficient (Wildman–Crippen LogP) is 15.0. The van der Waals surface area contributed by atoms with Crippen LogP contribution in [0.3, 0.4) is 0 Å². The summed E-state index contributed by atoms with van der Waals surface area (Å²) >= 11 is 0. The molecule has 0 saturated heterocycles. The third kappa shape index (κ3) is 9.90. The Bertz CT molecular complexity index is 1710. The number of aromatic hydroxyl groups is 1. The van der Waals surface area contributed by atoms with Crippen LogP contribution in [0.1, 0.15) is 208 Å². The number of hydrogen-bond donors (Lipinski definition) is 1. The normalized spacial score (nSPS) is 34.7. The zero-order valence-corrected chi connectivity index (χ0v) is 40.7. The highest BCUT2D eigenvalue weighted by molar-refractivity contribution is 5.87. The standard InChI is InChI=1S/C56H88O6/c1-10-11-12-13-14-15-16-17-18-19-20-21-22-23-49(58)61-39-56-35-30-42(40(2)3)51(56)43-26-28-47-53(6)33-32-48(62-50(59)29-25-41-24-27-44(57)45(38-41)60-9)52(4,5)46(53)31-34-55(47,8)54(43,7)36-37-56/h24-25,27,29,38,42-43,46-48,51,57H,2,10-23,26,28,30-37,39H2,1,3-9H3. The van der Waals surface area contributed by atoms with E-state index in [1.165, 1.54) is 121 Å². The number of ether oxygens (including phenoxy) is 3. The van der Waals surface area contributed by atoms with E-state index in [1.807, 2.05) is 0 Å². The van der Waals surface area contributed by atoms with Crippen molar-refractivity contribution in [1.29, 1.82) is 0 Å². The number of hydrogen-bond acceptors (Lipinski definition) is 6. The number of phenolic OH excluding ortho intramolecular Hbond substituents is 1. The maximum atomic E-state index is 13.3. The highest BCUT2D eigenvalue weighted by Crippen LogP contribution is 2.77. The summed E-state index contributed by atoms with van der Waals surface area (Å²) in [6, 6.07) is 5.06. The molecule has 5 saturated carbocycles. The second-order valence-electron chi connectivity index (χ2n) is 22.8. The Labute approximate surface area is 378 Å². The minimum absolute atomic E-state index is 0.0214. The lowest BCUT2D eigenvalue weighted by molar-refractivity contribution is -0.251. The fraction of sp³-hybridized carbons (Fsp3) is 0.786. The monoisotopic (exact) mass is 857 g/mol. The van der Waals surface area contributed by atoms with Crippen LogP contribution >= 0.6 is 0 Å². The molecule has 1 aromatic carbocycles. The van der Waals surface area contributed by atoms with Crippen molar-refractivity contribution in [1.82, 2.24) is 0 Å². The fourth-order valence-corrected chi connectivity index (χ4v) is 15.4. The molecule has 0 radical (unpaired) electrons. The van der Waals surface area contributed by atoms with Crippen molar-refractivity contribution in [3.63, 3.8) is 0 Å². The Hall–Kier alpha value is -2.76. The molecule has 5 aliphatic rings. The Morgan fingerprint density at radius 1 is 0.774 bits per heavy atom. The first kappa shape index (κ1) is 48.7. The van der Waals surface area contributed by atoms with Gasteiger partial charge in [0.15, 0.2) is 11.5 Å². The van der Waals surface area contributed by atoms with Gasteiger partial charge < -0.3 is 19.3 Å². The van der Waals surface area contributed by atoms with Gasteiger partial charge in [-0.25, -0.2) is 4.79 Å². The SMILES string of the molecule is C=C(C)C1CCC2(COC(=O)CCCCCCCCCCCCCCC)CCC3(C)C(CCC4C5(C)CCC(OC(=O)C=Cc6ccc(O)c(OC)c6)C(C)(C)C5CCC43C)C12. The maximum Gasteiger partial charge on any atom is 0.331 e. The van der Waals surface area contributed by atoms with E-state index in [1.54, 1.807) is 24.3 Å². The number of rotatable bonds is 21. The molecule has 6 heteroatoms. The molecule has 1 aromatic rings. The van der Waals surface area contributed by atoms with Crippen molar-refractivity contribution >= 4 is 18.0 Å². The van der Waals surface area contributed by atoms with Crippen molar-refractivity contribution in [2.45, 2.75) is 209 Å². The second kappa shape index (κ2) is 20.6. The summed E-state index contributed by atoms with van der Waals surface area (Å²) in [4.78, 5) is 26.6. The van der Waals surface area contributed by atoms with Gasteiger partial charge in [-0.05, 0) is 147 Å². The van der Waals surface area contributed by atoms with Gasteiger partial charge in [-0.1, -0.05) is 137 Å². The number of carbonyl (C=O) groups is 2. The van der Waals surface area contributed by atoms with Crippen LogP contribution in [0.4, 0.5) is 0 Å². The quantitative estimate of drug-likeness (QED) is 0.0574. The first-order valence-corrected chi connectivity index (χ1v) is 25.6. The van der Waals surface area contributed by atoms with E-state index in [0.29, 0.717) is 48.4 Å². The zero-order valence-electron chi connectivity index (χ0n) is 40.7. The van der Waals surface area contributed by atoms with Gasteiger partial charge in [-0.2, -0.15) is 0 Å². The van der Waals surface area contributed by atoms with Gasteiger partial charge >= 0.3 is 11.9 Å². The topological polar surface area (TPSA) is 82.1 Å². The largest absolute Gasteiger partial charge is 0.504 e. The summed E-state index contributed by atoms with van der Waals surface area (Å²) in [5.41, 5.74) is 2.62. The van der Waals surface area contributed by atoms with Crippen LogP contribution in [0.25, 0.3) is 6.08 Å². The minimum atomic E-state index is -0.313. The summed E-state index contributed by atoms with van der Waals surface area (Å²) in [7, 11) is 1.52. The molecule has 0 aromatic heterocycles. The van der Waals surface area contributed by atoms with Gasteiger partial charge in [-0.15, -0.1) is 0 Å². The van der Waals surface area contributed by atoms with Gasteiger partial charge in [0, 0.05) is 23.3 Å². The van der Waals surface area contributed by atoms with Crippen molar-refractivity contribution in [3.05, 3.63) is 42.0 Å².